The molecule has 4 fully saturated rings. The molecule has 0 radical (unpaired) electrons. The molecule has 0 aromatic rings. The fraction of sp³-hybridized carbons (Fsp3) is 1.00. The largest absolute Gasteiger partial charge is 0.394 e. The van der Waals surface area contributed by atoms with E-state index in [0.29, 0.717) is 0 Å². The van der Waals surface area contributed by atoms with Gasteiger partial charge in [-0.05, 0) is 6.92 Å². The van der Waals surface area contributed by atoms with Gasteiger partial charge in [0.25, 0.3) is 0 Å². The number of rotatable bonds is 8. The summed E-state index contributed by atoms with van der Waals surface area (Å²) in [6.45, 7) is -0.722. The van der Waals surface area contributed by atoms with Crippen LogP contribution in [0.2, 0.25) is 0 Å². The number of aliphatic hydroxyl groups is 12. The maximum Gasteiger partial charge on any atom is 0.187 e. The van der Waals surface area contributed by atoms with Crippen molar-refractivity contribution in [3.63, 3.8) is 0 Å². The van der Waals surface area contributed by atoms with E-state index in [-0.39, 0.29) is 0 Å². The lowest BCUT2D eigenvalue weighted by atomic mass is 9.96. The number of ether oxygens (including phenoxy) is 7. The van der Waals surface area contributed by atoms with Gasteiger partial charge in [0, 0.05) is 0 Å². The molecule has 0 amide bonds. The molecule has 0 aromatic carbocycles. The van der Waals surface area contributed by atoms with Crippen molar-refractivity contribution in [1.82, 2.24) is 0 Å². The lowest BCUT2D eigenvalue weighted by Crippen LogP contribution is -2.67. The van der Waals surface area contributed by atoms with E-state index in [0.717, 1.165) is 0 Å². The van der Waals surface area contributed by atoms with Crippen LogP contribution in [0.1, 0.15) is 6.92 Å². The zero-order valence-corrected chi connectivity index (χ0v) is 22.3. The summed E-state index contributed by atoms with van der Waals surface area (Å²) < 4.78 is 38.4. The van der Waals surface area contributed by atoms with Crippen LogP contribution in [0.4, 0.5) is 0 Å². The Kier molecular flexibility index (Phi) is 11.5. The molecule has 42 heavy (non-hydrogen) atoms. The third-order valence-corrected chi connectivity index (χ3v) is 7.78. The molecule has 4 aliphatic heterocycles. The van der Waals surface area contributed by atoms with Gasteiger partial charge in [-0.25, -0.2) is 0 Å². The van der Waals surface area contributed by atoms with Gasteiger partial charge in [0.2, 0.25) is 0 Å². The molecule has 19 atom stereocenters. The Balaban J connectivity index is 1.59. The summed E-state index contributed by atoms with van der Waals surface area (Å²) >= 11 is 0. The standard InChI is InChI=1S/C23H40O19/c1-5-9(27)17(19(20(35)37-5)42-22-16(34)13(31)11(29)7(2-24)38-22)40-23-18(14(32)12(30)8(3-25)39-23)41-21-15(33)10(28)6(26)4-36-21/h5-35H,2-4H2,1H3/t5-,6-,7-,8-,9+,10+,11-,12-,13+,14+,15-,16-,17+,18-,19-,20?,21+,22+,23+/m1/s1. The first-order valence-electron chi connectivity index (χ1n) is 13.4. The minimum absolute atomic E-state index is 0.475. The van der Waals surface area contributed by atoms with Crippen LogP contribution in [0.15, 0.2) is 0 Å². The summed E-state index contributed by atoms with van der Waals surface area (Å²) in [5.41, 5.74) is 0. The van der Waals surface area contributed by atoms with E-state index < -0.39 is 137 Å². The molecule has 19 heteroatoms. The molecular formula is C23H40O19. The monoisotopic (exact) mass is 620 g/mol. The zero-order valence-electron chi connectivity index (χ0n) is 22.3. The number of hydrogen-bond donors (Lipinski definition) is 12. The molecule has 0 bridgehead atoms. The van der Waals surface area contributed by atoms with E-state index in [9.17, 15) is 61.3 Å². The molecule has 0 spiro atoms. The van der Waals surface area contributed by atoms with Crippen LogP contribution in [0.25, 0.3) is 0 Å². The number of hydrogen-bond acceptors (Lipinski definition) is 19. The van der Waals surface area contributed by atoms with E-state index in [1.165, 1.54) is 6.92 Å². The Morgan fingerprint density at radius 3 is 1.67 bits per heavy atom. The molecule has 4 aliphatic rings. The van der Waals surface area contributed by atoms with Gasteiger partial charge < -0.3 is 94.4 Å². The molecule has 1 unspecified atom stereocenters. The fourth-order valence-corrected chi connectivity index (χ4v) is 5.16. The summed E-state index contributed by atoms with van der Waals surface area (Å²) in [4.78, 5) is 0. The van der Waals surface area contributed by atoms with E-state index in [1.54, 1.807) is 0 Å². The topological polar surface area (TPSA) is 307 Å². The maximum absolute atomic E-state index is 10.9. The molecule has 4 heterocycles. The van der Waals surface area contributed by atoms with Crippen molar-refractivity contribution >= 4 is 0 Å². The summed E-state index contributed by atoms with van der Waals surface area (Å²) in [5, 5.41) is 123. The smallest absolute Gasteiger partial charge is 0.187 e. The highest BCUT2D eigenvalue weighted by molar-refractivity contribution is 4.96. The maximum atomic E-state index is 10.9. The Hall–Kier alpha value is -0.760. The van der Waals surface area contributed by atoms with E-state index in [4.69, 9.17) is 33.2 Å². The van der Waals surface area contributed by atoms with Crippen LogP contribution >= 0.6 is 0 Å². The van der Waals surface area contributed by atoms with Crippen LogP contribution in [0.5, 0.6) is 0 Å². The van der Waals surface area contributed by atoms with E-state index >= 15 is 0 Å². The van der Waals surface area contributed by atoms with Crippen LogP contribution in [0.3, 0.4) is 0 Å². The quantitative estimate of drug-likeness (QED) is 0.120. The van der Waals surface area contributed by atoms with E-state index in [1.807, 2.05) is 0 Å². The van der Waals surface area contributed by atoms with Crippen molar-refractivity contribution in [2.24, 2.45) is 0 Å². The van der Waals surface area contributed by atoms with Gasteiger partial charge in [0.15, 0.2) is 25.2 Å². The summed E-state index contributed by atoms with van der Waals surface area (Å²) in [6, 6.07) is 0. The van der Waals surface area contributed by atoms with Crippen molar-refractivity contribution in [2.45, 2.75) is 124 Å². The highest BCUT2D eigenvalue weighted by Crippen LogP contribution is 2.34. The lowest BCUT2D eigenvalue weighted by molar-refractivity contribution is -0.397. The van der Waals surface area contributed by atoms with Crippen molar-refractivity contribution in [1.29, 1.82) is 0 Å². The van der Waals surface area contributed by atoms with Gasteiger partial charge in [-0.2, -0.15) is 0 Å². The third-order valence-electron chi connectivity index (χ3n) is 7.78. The van der Waals surface area contributed by atoms with Crippen LogP contribution in [-0.2, 0) is 33.2 Å². The SMILES string of the molecule is C[C@H]1OC(O)[C@H](O[C@@H]2O[C@H](CO)[C@@H](O)[C@H](O)[C@H]2O)[C@@H](O[C@@H]2O[C@H](CO)[C@@H](O)[C@H](O)[C@H]2O[C@@H]2OC[C@@H](O)[C@H](O)[C@H]2O)[C@H]1O. The van der Waals surface area contributed by atoms with Gasteiger partial charge in [-0.1, -0.05) is 0 Å². The van der Waals surface area contributed by atoms with Gasteiger partial charge in [-0.15, -0.1) is 0 Å². The molecule has 4 rings (SSSR count). The second kappa shape index (κ2) is 14.1. The fourth-order valence-electron chi connectivity index (χ4n) is 5.16. The zero-order chi connectivity index (χ0) is 31.0. The van der Waals surface area contributed by atoms with E-state index in [2.05, 4.69) is 0 Å². The predicted octanol–water partition coefficient (Wildman–Crippen LogP) is -8.08. The average molecular weight is 621 g/mol. The van der Waals surface area contributed by atoms with Crippen LogP contribution < -0.4 is 0 Å². The molecule has 246 valence electrons. The molecule has 0 aromatic heterocycles. The first-order valence-corrected chi connectivity index (χ1v) is 13.4. The number of aliphatic hydroxyl groups excluding tert-OH is 12. The van der Waals surface area contributed by atoms with Gasteiger partial charge in [0.05, 0.1) is 25.9 Å². The minimum Gasteiger partial charge on any atom is -0.394 e. The normalized spacial score (nSPS) is 54.1. The van der Waals surface area contributed by atoms with Gasteiger partial charge >= 0.3 is 0 Å². The summed E-state index contributed by atoms with van der Waals surface area (Å²) in [6.07, 6.45) is -32.0. The van der Waals surface area contributed by atoms with Crippen molar-refractivity contribution in [3.8, 4) is 0 Å². The Labute approximate surface area is 238 Å². The summed E-state index contributed by atoms with van der Waals surface area (Å²) in [7, 11) is 0. The first-order chi connectivity index (χ1) is 19.8. The van der Waals surface area contributed by atoms with Crippen LogP contribution in [-0.4, -0.2) is 198 Å². The van der Waals surface area contributed by atoms with Crippen molar-refractivity contribution in [2.75, 3.05) is 19.8 Å². The minimum atomic E-state index is -1.91. The highest BCUT2D eigenvalue weighted by atomic mass is 16.8. The molecule has 0 aliphatic carbocycles. The summed E-state index contributed by atoms with van der Waals surface area (Å²) in [5.74, 6) is 0. The van der Waals surface area contributed by atoms with Gasteiger partial charge in [0.1, 0.15) is 85.5 Å². The molecule has 4 saturated heterocycles. The molecule has 12 N–H and O–H groups in total. The first kappa shape index (κ1) is 34.1. The third kappa shape index (κ3) is 6.74. The molecule has 19 nitrogen and oxygen atoms in total. The molecule has 0 saturated carbocycles. The second-order valence-electron chi connectivity index (χ2n) is 10.7. The van der Waals surface area contributed by atoms with Crippen molar-refractivity contribution < 1.29 is 94.4 Å². The van der Waals surface area contributed by atoms with Crippen LogP contribution in [0, 0.1) is 0 Å². The van der Waals surface area contributed by atoms with Gasteiger partial charge in [-0.3, -0.25) is 0 Å². The Morgan fingerprint density at radius 1 is 0.524 bits per heavy atom. The molecular weight excluding hydrogens is 580 g/mol. The lowest BCUT2D eigenvalue weighted by Gasteiger charge is -2.49. The Morgan fingerprint density at radius 2 is 1.05 bits per heavy atom. The van der Waals surface area contributed by atoms with Crippen molar-refractivity contribution in [3.05, 3.63) is 0 Å². The average Bonchev–Trinajstić information content (AvgIpc) is 2.96. The predicted molar refractivity (Wildman–Crippen MR) is 126 cm³/mol. The Bertz CT molecular complexity index is 853. The second-order valence-corrected chi connectivity index (χ2v) is 10.7. The highest BCUT2D eigenvalue weighted by Gasteiger charge is 2.54.